The van der Waals surface area contributed by atoms with Crippen molar-refractivity contribution in [2.45, 2.75) is 32.9 Å². The largest absolute Gasteiger partial charge is 0.371 e. The van der Waals surface area contributed by atoms with E-state index in [2.05, 4.69) is 108 Å². The Hall–Kier alpha value is -2.87. The summed E-state index contributed by atoms with van der Waals surface area (Å²) in [6.07, 6.45) is 4.50. The van der Waals surface area contributed by atoms with Crippen molar-refractivity contribution in [1.82, 2.24) is 14.9 Å². The number of fused-ring (bicyclic) bond motifs is 2. The van der Waals surface area contributed by atoms with Crippen molar-refractivity contribution in [3.05, 3.63) is 109 Å². The molecule has 1 atom stereocenters. The number of hydrogen-bond donors (Lipinski definition) is 3. The molecule has 0 saturated heterocycles. The van der Waals surface area contributed by atoms with Crippen LogP contribution < -0.4 is 16.1 Å². The molecule has 0 amide bonds. The highest BCUT2D eigenvalue weighted by Crippen LogP contribution is 2.25. The number of hydrogen-bond acceptors (Lipinski definition) is 3. The third kappa shape index (κ3) is 6.40. The zero-order chi connectivity index (χ0) is 26.5. The number of pyridine rings is 1. The molecule has 0 bridgehead atoms. The molecule has 7 heteroatoms. The molecule has 0 fully saturated rings. The molecule has 0 aliphatic heterocycles. The van der Waals surface area contributed by atoms with Gasteiger partial charge in [-0.25, -0.2) is 0 Å². The lowest BCUT2D eigenvalue weighted by atomic mass is 10.0. The Morgan fingerprint density at radius 3 is 2.45 bits per heavy atom. The molecule has 2 heterocycles. The van der Waals surface area contributed by atoms with Crippen LogP contribution in [0, 0.1) is 5.92 Å². The van der Waals surface area contributed by atoms with E-state index in [4.69, 9.17) is 0 Å². The van der Waals surface area contributed by atoms with Crippen LogP contribution >= 0.6 is 31.9 Å². The van der Waals surface area contributed by atoms with Gasteiger partial charge >= 0.3 is 0 Å². The maximum Gasteiger partial charge on any atom is 0.191 e. The predicted octanol–water partition coefficient (Wildman–Crippen LogP) is 7.67. The number of rotatable bonds is 11. The minimum atomic E-state index is 0.0404. The van der Waals surface area contributed by atoms with E-state index in [1.807, 2.05) is 24.3 Å². The SMILES string of the molecule is CCCC(CNCc1cn(Cc2cc(Br)cc(Br)c2)c2ccccc12)CNc1cc(=O)c2ccccc2[nH]1. The van der Waals surface area contributed by atoms with Crippen molar-refractivity contribution in [1.29, 1.82) is 0 Å². The smallest absolute Gasteiger partial charge is 0.191 e. The number of nitrogens with one attached hydrogen (secondary N) is 3. The lowest BCUT2D eigenvalue weighted by Crippen LogP contribution is -2.28. The average Bonchev–Trinajstić information content (AvgIpc) is 3.24. The van der Waals surface area contributed by atoms with Gasteiger partial charge in [0, 0.05) is 57.1 Å². The topological polar surface area (TPSA) is 61.9 Å². The van der Waals surface area contributed by atoms with Gasteiger partial charge in [-0.1, -0.05) is 75.5 Å². The van der Waals surface area contributed by atoms with Gasteiger partial charge in [-0.2, -0.15) is 0 Å². The highest BCUT2D eigenvalue weighted by atomic mass is 79.9. The van der Waals surface area contributed by atoms with Crippen LogP contribution in [0.2, 0.25) is 0 Å². The number of anilines is 1. The minimum absolute atomic E-state index is 0.0404. The van der Waals surface area contributed by atoms with E-state index in [-0.39, 0.29) is 5.43 Å². The Bertz CT molecular complexity index is 1590. The first-order valence-corrected chi connectivity index (χ1v) is 14.7. The van der Waals surface area contributed by atoms with Crippen LogP contribution in [0.15, 0.2) is 92.7 Å². The van der Waals surface area contributed by atoms with Crippen LogP contribution in [0.1, 0.15) is 30.9 Å². The van der Waals surface area contributed by atoms with Gasteiger partial charge in [0.2, 0.25) is 0 Å². The van der Waals surface area contributed by atoms with Gasteiger partial charge in [0.25, 0.3) is 0 Å². The molecule has 0 saturated carbocycles. The zero-order valence-electron chi connectivity index (χ0n) is 21.4. The van der Waals surface area contributed by atoms with Crippen molar-refractivity contribution in [3.8, 4) is 0 Å². The second-order valence-corrected chi connectivity index (χ2v) is 11.7. The number of nitrogens with zero attached hydrogens (tertiary/aromatic N) is 1. The van der Waals surface area contributed by atoms with Crippen molar-refractivity contribution >= 4 is 59.5 Å². The molecule has 3 N–H and O–H groups in total. The summed E-state index contributed by atoms with van der Waals surface area (Å²) in [6, 6.07) is 24.3. The summed E-state index contributed by atoms with van der Waals surface area (Å²) in [6.45, 7) is 5.54. The van der Waals surface area contributed by atoms with Gasteiger partial charge in [0.1, 0.15) is 5.82 Å². The van der Waals surface area contributed by atoms with Crippen LogP contribution in [0.4, 0.5) is 5.82 Å². The maximum absolute atomic E-state index is 12.5. The van der Waals surface area contributed by atoms with Gasteiger partial charge < -0.3 is 20.2 Å². The molecule has 0 radical (unpaired) electrons. The van der Waals surface area contributed by atoms with Crippen LogP contribution in [-0.2, 0) is 13.1 Å². The summed E-state index contributed by atoms with van der Waals surface area (Å²) >= 11 is 7.22. The molecule has 38 heavy (non-hydrogen) atoms. The first kappa shape index (κ1) is 26.7. The van der Waals surface area contributed by atoms with Crippen molar-refractivity contribution in [2.24, 2.45) is 5.92 Å². The van der Waals surface area contributed by atoms with Crippen molar-refractivity contribution < 1.29 is 0 Å². The number of benzene rings is 3. The molecule has 5 aromatic rings. The van der Waals surface area contributed by atoms with Gasteiger partial charge in [-0.3, -0.25) is 4.79 Å². The molecule has 0 aliphatic rings. The molecule has 5 rings (SSSR count). The molecule has 1 unspecified atom stereocenters. The van der Waals surface area contributed by atoms with Gasteiger partial charge in [0.15, 0.2) is 5.43 Å². The lowest BCUT2D eigenvalue weighted by Gasteiger charge is -2.18. The Labute approximate surface area is 239 Å². The first-order chi connectivity index (χ1) is 18.5. The van der Waals surface area contributed by atoms with E-state index in [9.17, 15) is 4.79 Å². The standard InChI is InChI=1S/C31H32Br2N4O/c1-2-7-21(17-35-31-15-30(38)27-9-3-5-10-28(27)36-31)16-34-18-23-20-37(29-11-6-4-8-26(23)29)19-22-12-24(32)14-25(33)13-22/h3-6,8-15,20-21,34H,2,7,16-19H2,1H3,(H2,35,36,38). The van der Waals surface area contributed by atoms with Gasteiger partial charge in [-0.15, -0.1) is 0 Å². The summed E-state index contributed by atoms with van der Waals surface area (Å²) in [4.78, 5) is 15.8. The fourth-order valence-electron chi connectivity index (χ4n) is 5.14. The molecular formula is C31H32Br2N4O. The second kappa shape index (κ2) is 12.3. The molecule has 0 spiro atoms. The Morgan fingerprint density at radius 2 is 1.66 bits per heavy atom. The minimum Gasteiger partial charge on any atom is -0.371 e. The molecular weight excluding hydrogens is 604 g/mol. The van der Waals surface area contributed by atoms with E-state index >= 15 is 0 Å². The highest BCUT2D eigenvalue weighted by Gasteiger charge is 2.12. The van der Waals surface area contributed by atoms with Crippen molar-refractivity contribution in [3.63, 3.8) is 0 Å². The van der Waals surface area contributed by atoms with Crippen LogP contribution in [-0.4, -0.2) is 22.6 Å². The third-order valence-electron chi connectivity index (χ3n) is 6.91. The number of aromatic nitrogens is 2. The summed E-state index contributed by atoms with van der Waals surface area (Å²) < 4.78 is 4.48. The fourth-order valence-corrected chi connectivity index (χ4v) is 6.52. The quantitative estimate of drug-likeness (QED) is 0.140. The normalized spacial score (nSPS) is 12.3. The van der Waals surface area contributed by atoms with Gasteiger partial charge in [0.05, 0.1) is 5.52 Å². The average molecular weight is 636 g/mol. The lowest BCUT2D eigenvalue weighted by molar-refractivity contribution is 0.459. The molecule has 3 aromatic carbocycles. The number of H-pyrrole nitrogens is 1. The number of halogens is 2. The Balaban J connectivity index is 1.25. The summed E-state index contributed by atoms with van der Waals surface area (Å²) in [5.41, 5.74) is 4.69. The summed E-state index contributed by atoms with van der Waals surface area (Å²) in [5.74, 6) is 1.22. The van der Waals surface area contributed by atoms with Gasteiger partial charge in [-0.05, 0) is 66.4 Å². The van der Waals surface area contributed by atoms with Crippen molar-refractivity contribution in [2.75, 3.05) is 18.4 Å². The fraction of sp³-hybridized carbons (Fsp3) is 0.258. The third-order valence-corrected chi connectivity index (χ3v) is 7.83. The molecule has 5 nitrogen and oxygen atoms in total. The van der Waals surface area contributed by atoms with E-state index in [1.54, 1.807) is 6.07 Å². The summed E-state index contributed by atoms with van der Waals surface area (Å²) in [7, 11) is 0. The monoisotopic (exact) mass is 634 g/mol. The zero-order valence-corrected chi connectivity index (χ0v) is 24.6. The van der Waals surface area contributed by atoms with Crippen LogP contribution in [0.5, 0.6) is 0 Å². The second-order valence-electron chi connectivity index (χ2n) is 9.84. The predicted molar refractivity (Wildman–Crippen MR) is 166 cm³/mol. The number of para-hydroxylation sites is 2. The Kier molecular flexibility index (Phi) is 8.67. The molecule has 196 valence electrons. The molecule has 0 aliphatic carbocycles. The number of aromatic amines is 1. The first-order valence-electron chi connectivity index (χ1n) is 13.1. The van der Waals surface area contributed by atoms with Crippen LogP contribution in [0.25, 0.3) is 21.8 Å². The van der Waals surface area contributed by atoms with E-state index < -0.39 is 0 Å². The van der Waals surface area contributed by atoms with Crippen LogP contribution in [0.3, 0.4) is 0 Å². The summed E-state index contributed by atoms with van der Waals surface area (Å²) in [5, 5.41) is 9.19. The Morgan fingerprint density at radius 1 is 0.921 bits per heavy atom. The van der Waals surface area contributed by atoms with E-state index in [0.29, 0.717) is 5.92 Å². The van der Waals surface area contributed by atoms with E-state index in [1.165, 1.54) is 22.0 Å². The maximum atomic E-state index is 12.5. The molecule has 2 aromatic heterocycles. The van der Waals surface area contributed by atoms with E-state index in [0.717, 1.165) is 64.7 Å². The highest BCUT2D eigenvalue weighted by molar-refractivity contribution is 9.11.